The van der Waals surface area contributed by atoms with E-state index in [9.17, 15) is 0 Å². The van der Waals surface area contributed by atoms with Gasteiger partial charge in [-0.1, -0.05) is 52.2 Å². The zero-order valence-corrected chi connectivity index (χ0v) is 12.4. The summed E-state index contributed by atoms with van der Waals surface area (Å²) in [6.45, 7) is 9.12. The Labute approximate surface area is 108 Å². The van der Waals surface area contributed by atoms with Crippen molar-refractivity contribution in [2.75, 3.05) is 7.05 Å². The number of hydrogen-bond acceptors (Lipinski definition) is 1. The van der Waals surface area contributed by atoms with Crippen molar-refractivity contribution in [3.8, 4) is 0 Å². The van der Waals surface area contributed by atoms with Gasteiger partial charge in [0.2, 0.25) is 0 Å². The van der Waals surface area contributed by atoms with Crippen molar-refractivity contribution in [2.24, 2.45) is 22.7 Å². The summed E-state index contributed by atoms with van der Waals surface area (Å²) < 4.78 is 0. The maximum absolute atomic E-state index is 4.16. The summed E-state index contributed by atoms with van der Waals surface area (Å²) in [6, 6.07) is 0. The van der Waals surface area contributed by atoms with Gasteiger partial charge in [-0.05, 0) is 43.7 Å². The summed E-state index contributed by atoms with van der Waals surface area (Å²) in [5.41, 5.74) is 0. The molecule has 3 atom stereocenters. The first-order chi connectivity index (χ1) is 8.21. The SMILES string of the molecule is C/C=C\C[C@H](C(C)CC)C(CC=NC)CCC. The average Bonchev–Trinajstić information content (AvgIpc) is 2.35. The predicted molar refractivity (Wildman–Crippen MR) is 79.8 cm³/mol. The Morgan fingerprint density at radius 2 is 1.88 bits per heavy atom. The molecular weight excluding hydrogens is 206 g/mol. The van der Waals surface area contributed by atoms with Gasteiger partial charge in [0.25, 0.3) is 0 Å². The number of aliphatic imine (C=N–C) groups is 1. The standard InChI is InChI=1S/C16H31N/c1-6-9-11-16(14(4)8-3)15(10-7-2)12-13-17-5/h6,9,13-16H,7-8,10-12H2,1-5H3/b9-6-,17-13?/t14?,15?,16-/m1/s1. The molecule has 0 amide bonds. The highest BCUT2D eigenvalue weighted by Gasteiger charge is 2.23. The topological polar surface area (TPSA) is 12.4 Å². The maximum Gasteiger partial charge on any atom is 0.0273 e. The molecule has 1 nitrogen and oxygen atoms in total. The lowest BCUT2D eigenvalue weighted by Gasteiger charge is -2.30. The number of allylic oxidation sites excluding steroid dienone is 2. The van der Waals surface area contributed by atoms with Crippen molar-refractivity contribution in [3.63, 3.8) is 0 Å². The lowest BCUT2D eigenvalue weighted by Crippen LogP contribution is -2.22. The van der Waals surface area contributed by atoms with E-state index in [0.29, 0.717) is 0 Å². The van der Waals surface area contributed by atoms with E-state index < -0.39 is 0 Å². The molecule has 0 N–H and O–H groups in total. The molecule has 0 bridgehead atoms. The van der Waals surface area contributed by atoms with Crippen LogP contribution in [0.2, 0.25) is 0 Å². The minimum atomic E-state index is 0.801. The van der Waals surface area contributed by atoms with Gasteiger partial charge in [-0.3, -0.25) is 0 Å². The Bertz CT molecular complexity index is 218. The van der Waals surface area contributed by atoms with Gasteiger partial charge in [-0.15, -0.1) is 0 Å². The molecule has 0 aliphatic heterocycles. The first-order valence-electron chi connectivity index (χ1n) is 7.22. The zero-order chi connectivity index (χ0) is 13.1. The van der Waals surface area contributed by atoms with Crippen LogP contribution in [0.1, 0.15) is 59.8 Å². The summed E-state index contributed by atoms with van der Waals surface area (Å²) in [5.74, 6) is 2.43. The highest BCUT2D eigenvalue weighted by atomic mass is 14.6. The average molecular weight is 237 g/mol. The second-order valence-corrected chi connectivity index (χ2v) is 5.08. The fourth-order valence-corrected chi connectivity index (χ4v) is 2.60. The Hall–Kier alpha value is -0.590. The van der Waals surface area contributed by atoms with Gasteiger partial charge in [-0.2, -0.15) is 0 Å². The molecule has 0 aromatic heterocycles. The van der Waals surface area contributed by atoms with Crippen molar-refractivity contribution in [2.45, 2.75) is 59.8 Å². The van der Waals surface area contributed by atoms with Crippen LogP contribution in [0.4, 0.5) is 0 Å². The first-order valence-corrected chi connectivity index (χ1v) is 7.22. The number of rotatable bonds is 9. The lowest BCUT2D eigenvalue weighted by atomic mass is 9.75. The lowest BCUT2D eigenvalue weighted by molar-refractivity contribution is 0.228. The van der Waals surface area contributed by atoms with Crippen molar-refractivity contribution < 1.29 is 0 Å². The third-order valence-electron chi connectivity index (χ3n) is 3.87. The molecule has 0 spiro atoms. The second kappa shape index (κ2) is 10.6. The summed E-state index contributed by atoms with van der Waals surface area (Å²) in [5, 5.41) is 0. The number of nitrogens with zero attached hydrogens (tertiary/aromatic N) is 1. The van der Waals surface area contributed by atoms with Gasteiger partial charge in [0.1, 0.15) is 0 Å². The van der Waals surface area contributed by atoms with Gasteiger partial charge in [-0.25, -0.2) is 0 Å². The summed E-state index contributed by atoms with van der Waals surface area (Å²) >= 11 is 0. The van der Waals surface area contributed by atoms with E-state index in [1.54, 1.807) is 0 Å². The maximum atomic E-state index is 4.16. The second-order valence-electron chi connectivity index (χ2n) is 5.08. The molecule has 1 heteroatoms. The summed E-state index contributed by atoms with van der Waals surface area (Å²) in [6.07, 6.45) is 12.9. The third-order valence-corrected chi connectivity index (χ3v) is 3.87. The van der Waals surface area contributed by atoms with Crippen molar-refractivity contribution in [3.05, 3.63) is 12.2 Å². The molecule has 0 rings (SSSR count). The van der Waals surface area contributed by atoms with Crippen LogP contribution in [0.15, 0.2) is 17.1 Å². The summed E-state index contributed by atoms with van der Waals surface area (Å²) in [4.78, 5) is 4.16. The van der Waals surface area contributed by atoms with Crippen LogP contribution in [0.5, 0.6) is 0 Å². The van der Waals surface area contributed by atoms with Gasteiger partial charge in [0.05, 0.1) is 0 Å². The van der Waals surface area contributed by atoms with Crippen molar-refractivity contribution in [1.82, 2.24) is 0 Å². The molecule has 0 saturated carbocycles. The monoisotopic (exact) mass is 237 g/mol. The Kier molecular flexibility index (Phi) is 10.2. The normalized spacial score (nSPS) is 17.7. The molecule has 0 radical (unpaired) electrons. The van der Waals surface area contributed by atoms with Crippen LogP contribution in [-0.4, -0.2) is 13.3 Å². The van der Waals surface area contributed by atoms with E-state index in [1.807, 2.05) is 7.05 Å². The number of hydrogen-bond donors (Lipinski definition) is 0. The van der Waals surface area contributed by atoms with E-state index in [4.69, 9.17) is 0 Å². The minimum Gasteiger partial charge on any atom is -0.301 e. The smallest absolute Gasteiger partial charge is 0.0273 e. The largest absolute Gasteiger partial charge is 0.301 e. The van der Waals surface area contributed by atoms with Gasteiger partial charge in [0.15, 0.2) is 0 Å². The van der Waals surface area contributed by atoms with E-state index in [1.165, 1.54) is 25.7 Å². The molecule has 0 saturated heterocycles. The molecule has 0 aromatic carbocycles. The Morgan fingerprint density at radius 3 is 2.35 bits per heavy atom. The third kappa shape index (κ3) is 6.65. The van der Waals surface area contributed by atoms with Crippen LogP contribution in [-0.2, 0) is 0 Å². The fourth-order valence-electron chi connectivity index (χ4n) is 2.60. The molecule has 0 heterocycles. The summed E-state index contributed by atoms with van der Waals surface area (Å²) in [7, 11) is 1.88. The van der Waals surface area contributed by atoms with Crippen LogP contribution >= 0.6 is 0 Å². The molecule has 0 aliphatic carbocycles. The highest BCUT2D eigenvalue weighted by Crippen LogP contribution is 2.32. The molecule has 0 fully saturated rings. The Morgan fingerprint density at radius 1 is 1.18 bits per heavy atom. The van der Waals surface area contributed by atoms with Crippen molar-refractivity contribution >= 4 is 6.21 Å². The quantitative estimate of drug-likeness (QED) is 0.390. The zero-order valence-electron chi connectivity index (χ0n) is 12.4. The van der Waals surface area contributed by atoms with E-state index in [2.05, 4.69) is 51.1 Å². The Balaban J connectivity index is 4.64. The first kappa shape index (κ1) is 16.4. The van der Waals surface area contributed by atoms with Gasteiger partial charge in [0, 0.05) is 7.05 Å². The van der Waals surface area contributed by atoms with Crippen molar-refractivity contribution in [1.29, 1.82) is 0 Å². The molecule has 17 heavy (non-hydrogen) atoms. The predicted octanol–water partition coefficient (Wildman–Crippen LogP) is 5.12. The van der Waals surface area contributed by atoms with E-state index in [-0.39, 0.29) is 0 Å². The minimum absolute atomic E-state index is 0.801. The fraction of sp³-hybridized carbons (Fsp3) is 0.812. The highest BCUT2D eigenvalue weighted by molar-refractivity contribution is 5.57. The van der Waals surface area contributed by atoms with Crippen LogP contribution in [0.25, 0.3) is 0 Å². The van der Waals surface area contributed by atoms with Gasteiger partial charge >= 0.3 is 0 Å². The molecular formula is C16H31N. The van der Waals surface area contributed by atoms with Gasteiger partial charge < -0.3 is 4.99 Å². The van der Waals surface area contributed by atoms with Crippen LogP contribution < -0.4 is 0 Å². The van der Waals surface area contributed by atoms with Crippen LogP contribution in [0, 0.1) is 17.8 Å². The van der Waals surface area contributed by atoms with E-state index >= 15 is 0 Å². The molecule has 2 unspecified atom stereocenters. The van der Waals surface area contributed by atoms with Crippen LogP contribution in [0.3, 0.4) is 0 Å². The molecule has 100 valence electrons. The molecule has 0 aliphatic rings. The van der Waals surface area contributed by atoms with E-state index in [0.717, 1.165) is 24.2 Å². The molecule has 0 aromatic rings.